The van der Waals surface area contributed by atoms with E-state index in [0.29, 0.717) is 4.88 Å². The normalized spacial score (nSPS) is 10.3. The first kappa shape index (κ1) is 10.9. The molecule has 1 aromatic carbocycles. The van der Waals surface area contributed by atoms with Crippen LogP contribution in [0.4, 0.5) is 0 Å². The molecular weight excluding hydrogens is 220 g/mol. The first-order chi connectivity index (χ1) is 7.66. The maximum Gasteiger partial charge on any atom is 0.345 e. The Kier molecular flexibility index (Phi) is 3.06. The Labute approximate surface area is 98.2 Å². The quantitative estimate of drug-likeness (QED) is 0.881. The van der Waals surface area contributed by atoms with Gasteiger partial charge in [-0.15, -0.1) is 11.3 Å². The van der Waals surface area contributed by atoms with Crippen molar-refractivity contribution in [2.45, 2.75) is 13.3 Å². The van der Waals surface area contributed by atoms with Gasteiger partial charge >= 0.3 is 5.97 Å². The number of benzene rings is 1. The van der Waals surface area contributed by atoms with Crippen LogP contribution in [0.2, 0.25) is 0 Å². The van der Waals surface area contributed by atoms with Crippen molar-refractivity contribution in [2.24, 2.45) is 0 Å². The molecule has 0 unspecified atom stereocenters. The van der Waals surface area contributed by atoms with Gasteiger partial charge in [-0.3, -0.25) is 0 Å². The van der Waals surface area contributed by atoms with Gasteiger partial charge in [0.25, 0.3) is 0 Å². The summed E-state index contributed by atoms with van der Waals surface area (Å²) in [6.45, 7) is 2.07. The Morgan fingerprint density at radius 1 is 1.25 bits per heavy atom. The molecule has 0 aliphatic heterocycles. The van der Waals surface area contributed by atoms with Crippen molar-refractivity contribution in [3.05, 3.63) is 57.3 Å². The number of carboxylic acid groups (broad SMARTS) is 1. The summed E-state index contributed by atoms with van der Waals surface area (Å²) in [5, 5.41) is 8.83. The second kappa shape index (κ2) is 4.49. The zero-order chi connectivity index (χ0) is 11.5. The lowest BCUT2D eigenvalue weighted by Crippen LogP contribution is -1.90. The summed E-state index contributed by atoms with van der Waals surface area (Å²) in [7, 11) is 0. The van der Waals surface area contributed by atoms with Gasteiger partial charge in [-0.2, -0.15) is 0 Å². The SMILES string of the molecule is Cc1ccccc1Cc1ccc(C(=O)O)s1. The maximum absolute atomic E-state index is 10.7. The fourth-order valence-electron chi connectivity index (χ4n) is 1.58. The second-order valence-corrected chi connectivity index (χ2v) is 4.84. The van der Waals surface area contributed by atoms with E-state index in [9.17, 15) is 4.79 Å². The van der Waals surface area contributed by atoms with Crippen molar-refractivity contribution in [1.29, 1.82) is 0 Å². The Morgan fingerprint density at radius 3 is 2.62 bits per heavy atom. The molecule has 0 amide bonds. The highest BCUT2D eigenvalue weighted by atomic mass is 32.1. The third-order valence-corrected chi connectivity index (χ3v) is 3.57. The van der Waals surface area contributed by atoms with Crippen molar-refractivity contribution in [3.8, 4) is 0 Å². The van der Waals surface area contributed by atoms with Crippen LogP contribution in [0.5, 0.6) is 0 Å². The highest BCUT2D eigenvalue weighted by molar-refractivity contribution is 7.13. The molecule has 0 saturated heterocycles. The summed E-state index contributed by atoms with van der Waals surface area (Å²) in [5.74, 6) is -0.846. The molecule has 0 atom stereocenters. The lowest BCUT2D eigenvalue weighted by Gasteiger charge is -2.02. The van der Waals surface area contributed by atoms with Crippen molar-refractivity contribution in [2.75, 3.05) is 0 Å². The third-order valence-electron chi connectivity index (χ3n) is 2.50. The third kappa shape index (κ3) is 2.31. The molecule has 0 saturated carbocycles. The lowest BCUT2D eigenvalue weighted by molar-refractivity contribution is 0.0702. The molecule has 0 radical (unpaired) electrons. The minimum Gasteiger partial charge on any atom is -0.477 e. The van der Waals surface area contributed by atoms with Gasteiger partial charge in [0.15, 0.2) is 0 Å². The van der Waals surface area contributed by atoms with Gasteiger partial charge in [0.1, 0.15) is 4.88 Å². The molecule has 82 valence electrons. The standard InChI is InChI=1S/C13H12O2S/c1-9-4-2-3-5-10(9)8-11-6-7-12(16-11)13(14)15/h2-7H,8H2,1H3,(H,14,15). The highest BCUT2D eigenvalue weighted by Crippen LogP contribution is 2.21. The Bertz CT molecular complexity index is 514. The minimum atomic E-state index is -0.846. The maximum atomic E-state index is 10.7. The number of aryl methyl sites for hydroxylation is 1. The predicted molar refractivity (Wildman–Crippen MR) is 65.3 cm³/mol. The summed E-state index contributed by atoms with van der Waals surface area (Å²) in [4.78, 5) is 12.2. The number of aromatic carboxylic acids is 1. The molecule has 0 aliphatic rings. The van der Waals surface area contributed by atoms with Crippen LogP contribution >= 0.6 is 11.3 Å². The molecule has 0 aliphatic carbocycles. The van der Waals surface area contributed by atoms with Crippen LogP contribution in [0.3, 0.4) is 0 Å². The van der Waals surface area contributed by atoms with E-state index in [1.807, 2.05) is 18.2 Å². The molecule has 0 fully saturated rings. The molecule has 16 heavy (non-hydrogen) atoms. The van der Waals surface area contributed by atoms with Crippen molar-refractivity contribution < 1.29 is 9.90 Å². The molecule has 2 nitrogen and oxygen atoms in total. The lowest BCUT2D eigenvalue weighted by atomic mass is 10.1. The molecule has 0 spiro atoms. The monoisotopic (exact) mass is 232 g/mol. The van der Waals surface area contributed by atoms with Gasteiger partial charge in [0.2, 0.25) is 0 Å². The van der Waals surface area contributed by atoms with E-state index in [0.717, 1.165) is 11.3 Å². The number of rotatable bonds is 3. The topological polar surface area (TPSA) is 37.3 Å². The zero-order valence-electron chi connectivity index (χ0n) is 8.93. The van der Waals surface area contributed by atoms with Gasteiger partial charge in [-0.25, -0.2) is 4.79 Å². The Hall–Kier alpha value is -1.61. The number of carbonyl (C=O) groups is 1. The van der Waals surface area contributed by atoms with Crippen LogP contribution < -0.4 is 0 Å². The van der Waals surface area contributed by atoms with Crippen LogP contribution in [-0.2, 0) is 6.42 Å². The summed E-state index contributed by atoms with van der Waals surface area (Å²) in [6.07, 6.45) is 0.810. The van der Waals surface area contributed by atoms with Gasteiger partial charge in [-0.1, -0.05) is 24.3 Å². The van der Waals surface area contributed by atoms with E-state index in [-0.39, 0.29) is 0 Å². The van der Waals surface area contributed by atoms with E-state index in [2.05, 4.69) is 19.1 Å². The molecule has 0 bridgehead atoms. The average molecular weight is 232 g/mol. The molecule has 1 N–H and O–H groups in total. The first-order valence-corrected chi connectivity index (χ1v) is 5.85. The van der Waals surface area contributed by atoms with Crippen LogP contribution in [-0.4, -0.2) is 11.1 Å². The molecular formula is C13H12O2S. The molecule has 3 heteroatoms. The fourth-order valence-corrected chi connectivity index (χ4v) is 2.45. The first-order valence-electron chi connectivity index (χ1n) is 5.03. The van der Waals surface area contributed by atoms with Gasteiger partial charge in [-0.05, 0) is 30.2 Å². The molecule has 1 aromatic heterocycles. The minimum absolute atomic E-state index is 0.406. The van der Waals surface area contributed by atoms with Crippen molar-refractivity contribution in [3.63, 3.8) is 0 Å². The van der Waals surface area contributed by atoms with Crippen molar-refractivity contribution in [1.82, 2.24) is 0 Å². The number of carboxylic acids is 1. The number of thiophene rings is 1. The van der Waals surface area contributed by atoms with Gasteiger partial charge in [0, 0.05) is 11.3 Å². The number of hydrogen-bond acceptors (Lipinski definition) is 2. The Morgan fingerprint density at radius 2 is 2.00 bits per heavy atom. The molecule has 2 rings (SSSR count). The Balaban J connectivity index is 2.21. The summed E-state index contributed by atoms with van der Waals surface area (Å²) in [6, 6.07) is 11.7. The van der Waals surface area contributed by atoms with Gasteiger partial charge in [0.05, 0.1) is 0 Å². The summed E-state index contributed by atoms with van der Waals surface area (Å²) >= 11 is 1.34. The number of hydrogen-bond donors (Lipinski definition) is 1. The van der Waals surface area contributed by atoms with Crippen LogP contribution in [0.25, 0.3) is 0 Å². The fraction of sp³-hybridized carbons (Fsp3) is 0.154. The second-order valence-electron chi connectivity index (χ2n) is 3.67. The summed E-state index contributed by atoms with van der Waals surface area (Å²) in [5.41, 5.74) is 2.49. The molecule has 2 aromatic rings. The predicted octanol–water partition coefficient (Wildman–Crippen LogP) is 3.35. The van der Waals surface area contributed by atoms with E-state index in [1.165, 1.54) is 22.5 Å². The van der Waals surface area contributed by atoms with Crippen LogP contribution in [0.1, 0.15) is 25.7 Å². The summed E-state index contributed by atoms with van der Waals surface area (Å²) < 4.78 is 0. The average Bonchev–Trinajstić information content (AvgIpc) is 2.70. The van der Waals surface area contributed by atoms with Crippen LogP contribution in [0, 0.1) is 6.92 Å². The van der Waals surface area contributed by atoms with E-state index in [1.54, 1.807) is 6.07 Å². The zero-order valence-corrected chi connectivity index (χ0v) is 9.75. The van der Waals surface area contributed by atoms with E-state index in [4.69, 9.17) is 5.11 Å². The van der Waals surface area contributed by atoms with Crippen molar-refractivity contribution >= 4 is 17.3 Å². The van der Waals surface area contributed by atoms with E-state index < -0.39 is 5.97 Å². The highest BCUT2D eigenvalue weighted by Gasteiger charge is 2.07. The molecule has 1 heterocycles. The van der Waals surface area contributed by atoms with E-state index >= 15 is 0 Å². The largest absolute Gasteiger partial charge is 0.477 e. The smallest absolute Gasteiger partial charge is 0.345 e. The van der Waals surface area contributed by atoms with Gasteiger partial charge < -0.3 is 5.11 Å². The van der Waals surface area contributed by atoms with Crippen LogP contribution in [0.15, 0.2) is 36.4 Å².